The van der Waals surface area contributed by atoms with Gasteiger partial charge in [-0.3, -0.25) is 9.25 Å². The highest BCUT2D eigenvalue weighted by atomic mass is 15.3. The van der Waals surface area contributed by atoms with Crippen LogP contribution in [0.15, 0.2) is 49.2 Å². The second-order valence-corrected chi connectivity index (χ2v) is 4.57. The third kappa shape index (κ3) is 2.12. The van der Waals surface area contributed by atoms with Gasteiger partial charge in [0.25, 0.3) is 0 Å². The number of nitrogens with zero attached hydrogens (tertiary/aromatic N) is 4. The van der Waals surface area contributed by atoms with Gasteiger partial charge in [0.15, 0.2) is 0 Å². The van der Waals surface area contributed by atoms with Gasteiger partial charge in [0.05, 0.1) is 30.1 Å². The maximum atomic E-state index is 5.82. The Bertz CT molecular complexity index is 710. The number of nitrogens with two attached hydrogens (primary N) is 1. The van der Waals surface area contributed by atoms with E-state index in [1.165, 1.54) is 0 Å². The fourth-order valence-corrected chi connectivity index (χ4v) is 2.29. The first-order valence-electron chi connectivity index (χ1n) is 6.67. The number of aromatic nitrogens is 4. The van der Waals surface area contributed by atoms with Gasteiger partial charge in [-0.15, -0.1) is 0 Å². The lowest BCUT2D eigenvalue weighted by Crippen LogP contribution is -2.04. The molecule has 2 heterocycles. The van der Waals surface area contributed by atoms with Crippen molar-refractivity contribution in [1.82, 2.24) is 19.3 Å². The molecule has 0 bridgehead atoms. The van der Waals surface area contributed by atoms with E-state index >= 15 is 0 Å². The van der Waals surface area contributed by atoms with Gasteiger partial charge in [-0.2, -0.15) is 5.10 Å². The molecule has 0 saturated carbocycles. The smallest absolute Gasteiger partial charge is 0.0997 e. The van der Waals surface area contributed by atoms with Crippen LogP contribution in [-0.4, -0.2) is 19.3 Å². The molecule has 0 radical (unpaired) electrons. The molecule has 20 heavy (non-hydrogen) atoms. The number of para-hydroxylation sites is 1. The lowest BCUT2D eigenvalue weighted by molar-refractivity contribution is 0.660. The molecule has 0 atom stereocenters. The van der Waals surface area contributed by atoms with Crippen LogP contribution in [0.25, 0.3) is 16.9 Å². The second-order valence-electron chi connectivity index (χ2n) is 4.57. The molecule has 0 aliphatic rings. The maximum Gasteiger partial charge on any atom is 0.0997 e. The number of rotatable bonds is 4. The first kappa shape index (κ1) is 12.6. The fourth-order valence-electron chi connectivity index (χ4n) is 2.29. The largest absolute Gasteiger partial charge is 0.326 e. The molecule has 2 N–H and O–H groups in total. The average Bonchev–Trinajstić information content (AvgIpc) is 3.15. The zero-order valence-electron chi connectivity index (χ0n) is 11.4. The molecule has 0 aliphatic carbocycles. The van der Waals surface area contributed by atoms with Gasteiger partial charge < -0.3 is 5.73 Å². The van der Waals surface area contributed by atoms with Crippen molar-refractivity contribution < 1.29 is 0 Å². The highest BCUT2D eigenvalue weighted by Gasteiger charge is 2.11. The minimum Gasteiger partial charge on any atom is -0.326 e. The van der Waals surface area contributed by atoms with Crippen LogP contribution < -0.4 is 5.73 Å². The molecule has 5 heteroatoms. The number of benzene rings is 1. The first-order chi connectivity index (χ1) is 9.83. The topological polar surface area (TPSA) is 61.7 Å². The molecule has 0 unspecified atom stereocenters. The van der Waals surface area contributed by atoms with Crippen molar-refractivity contribution in [2.75, 3.05) is 0 Å². The monoisotopic (exact) mass is 267 g/mol. The number of hydrogen-bond acceptors (Lipinski definition) is 3. The van der Waals surface area contributed by atoms with Crippen LogP contribution in [-0.2, 0) is 13.1 Å². The van der Waals surface area contributed by atoms with Crippen LogP contribution in [0.3, 0.4) is 0 Å². The zero-order chi connectivity index (χ0) is 13.9. The van der Waals surface area contributed by atoms with Crippen LogP contribution in [0, 0.1) is 0 Å². The van der Waals surface area contributed by atoms with Gasteiger partial charge in [0.2, 0.25) is 0 Å². The Morgan fingerprint density at radius 2 is 2.05 bits per heavy atom. The van der Waals surface area contributed by atoms with Gasteiger partial charge in [0, 0.05) is 24.8 Å². The van der Waals surface area contributed by atoms with Crippen molar-refractivity contribution in [3.63, 3.8) is 0 Å². The quantitative estimate of drug-likeness (QED) is 0.788. The van der Waals surface area contributed by atoms with Crippen LogP contribution in [0.2, 0.25) is 0 Å². The van der Waals surface area contributed by atoms with Crippen molar-refractivity contribution >= 4 is 0 Å². The van der Waals surface area contributed by atoms with Crippen molar-refractivity contribution in [2.45, 2.75) is 20.0 Å². The molecule has 0 saturated heterocycles. The molecular weight excluding hydrogens is 250 g/mol. The Kier molecular flexibility index (Phi) is 3.35. The zero-order valence-corrected chi connectivity index (χ0v) is 11.4. The van der Waals surface area contributed by atoms with Crippen molar-refractivity contribution in [2.24, 2.45) is 5.73 Å². The summed E-state index contributed by atoms with van der Waals surface area (Å²) in [5.74, 6) is 0. The minimum absolute atomic E-state index is 0.502. The summed E-state index contributed by atoms with van der Waals surface area (Å²) in [4.78, 5) is 4.27. The van der Waals surface area contributed by atoms with Crippen molar-refractivity contribution in [3.05, 3.63) is 54.7 Å². The molecule has 0 aliphatic heterocycles. The average molecular weight is 267 g/mol. The Hall–Kier alpha value is -2.40. The summed E-state index contributed by atoms with van der Waals surface area (Å²) < 4.78 is 3.96. The summed E-state index contributed by atoms with van der Waals surface area (Å²) in [5, 5.41) is 4.32. The van der Waals surface area contributed by atoms with E-state index in [1.54, 1.807) is 0 Å². The standard InChI is InChI=1S/C15H17N5/c1-2-19-10-13(8-18-19)15-9-17-11-20(15)14-6-4-3-5-12(14)7-16/h3-6,8-11H,2,7,16H2,1H3. The van der Waals surface area contributed by atoms with Gasteiger partial charge >= 0.3 is 0 Å². The number of hydrogen-bond donors (Lipinski definition) is 1. The summed E-state index contributed by atoms with van der Waals surface area (Å²) in [6.45, 7) is 3.42. The van der Waals surface area contributed by atoms with Gasteiger partial charge in [-0.1, -0.05) is 18.2 Å². The van der Waals surface area contributed by atoms with E-state index in [-0.39, 0.29) is 0 Å². The Morgan fingerprint density at radius 1 is 1.20 bits per heavy atom. The fraction of sp³-hybridized carbons (Fsp3) is 0.200. The van der Waals surface area contributed by atoms with Crippen LogP contribution >= 0.6 is 0 Å². The summed E-state index contributed by atoms with van der Waals surface area (Å²) in [7, 11) is 0. The molecule has 1 aromatic carbocycles. The SMILES string of the molecule is CCn1cc(-c2cncn2-c2ccccc2CN)cn1. The van der Waals surface area contributed by atoms with Crippen LogP contribution in [0.5, 0.6) is 0 Å². The molecule has 5 nitrogen and oxygen atoms in total. The third-order valence-corrected chi connectivity index (χ3v) is 3.36. The Labute approximate surface area is 117 Å². The number of aryl methyl sites for hydroxylation is 1. The van der Waals surface area contributed by atoms with Gasteiger partial charge in [-0.25, -0.2) is 4.98 Å². The summed E-state index contributed by atoms with van der Waals surface area (Å²) >= 11 is 0. The summed E-state index contributed by atoms with van der Waals surface area (Å²) in [5.41, 5.74) is 10.0. The van der Waals surface area contributed by atoms with Crippen LogP contribution in [0.1, 0.15) is 12.5 Å². The second kappa shape index (κ2) is 5.30. The van der Waals surface area contributed by atoms with E-state index in [1.807, 2.05) is 47.8 Å². The van der Waals surface area contributed by atoms with E-state index in [4.69, 9.17) is 5.73 Å². The Morgan fingerprint density at radius 3 is 2.80 bits per heavy atom. The molecule has 0 amide bonds. The number of imidazole rings is 1. The molecule has 3 aromatic rings. The van der Waals surface area contributed by atoms with Crippen molar-refractivity contribution in [1.29, 1.82) is 0 Å². The first-order valence-corrected chi connectivity index (χ1v) is 6.67. The Balaban J connectivity index is 2.10. The van der Waals surface area contributed by atoms with E-state index in [0.717, 1.165) is 29.1 Å². The molecule has 0 spiro atoms. The highest BCUT2D eigenvalue weighted by Crippen LogP contribution is 2.24. The van der Waals surface area contributed by atoms with E-state index in [2.05, 4.69) is 27.6 Å². The minimum atomic E-state index is 0.502. The predicted octanol–water partition coefficient (Wildman–Crippen LogP) is 2.21. The van der Waals surface area contributed by atoms with E-state index in [0.29, 0.717) is 6.54 Å². The maximum absolute atomic E-state index is 5.82. The van der Waals surface area contributed by atoms with Crippen LogP contribution in [0.4, 0.5) is 0 Å². The summed E-state index contributed by atoms with van der Waals surface area (Å²) in [6, 6.07) is 8.09. The van der Waals surface area contributed by atoms with Gasteiger partial charge in [-0.05, 0) is 18.6 Å². The van der Waals surface area contributed by atoms with E-state index < -0.39 is 0 Å². The molecule has 0 fully saturated rings. The molecule has 3 rings (SSSR count). The van der Waals surface area contributed by atoms with Gasteiger partial charge in [0.1, 0.15) is 0 Å². The summed E-state index contributed by atoms with van der Waals surface area (Å²) in [6.07, 6.45) is 7.55. The molecule has 2 aromatic heterocycles. The predicted molar refractivity (Wildman–Crippen MR) is 78.4 cm³/mol. The lowest BCUT2D eigenvalue weighted by Gasteiger charge is -2.11. The van der Waals surface area contributed by atoms with Crippen molar-refractivity contribution in [3.8, 4) is 16.9 Å². The van der Waals surface area contributed by atoms with E-state index in [9.17, 15) is 0 Å². The highest BCUT2D eigenvalue weighted by molar-refractivity contribution is 5.61. The lowest BCUT2D eigenvalue weighted by atomic mass is 10.1. The molecular formula is C15H17N5. The third-order valence-electron chi connectivity index (χ3n) is 3.36. The molecule has 102 valence electrons. The normalized spacial score (nSPS) is 10.9.